The molecular weight excluding hydrogens is 672 g/mol. The molecule has 0 saturated carbocycles. The number of anilines is 2. The van der Waals surface area contributed by atoms with E-state index in [0.29, 0.717) is 48.1 Å². The summed E-state index contributed by atoms with van der Waals surface area (Å²) in [5, 5.41) is 10.7. The highest BCUT2D eigenvalue weighted by Crippen LogP contribution is 2.25. The van der Waals surface area contributed by atoms with Gasteiger partial charge < -0.3 is 10.6 Å². The number of para-hydroxylation sites is 2. The SMILES string of the molecule is Cc1nc2c(NC(=O)CCCCCCC(=O)Nc3cccc4c(=O)n(C5CCC(=O)NC5=O)c(C)nc34)cccc2c(=O)n1C1CCC(=O)NC1=O. The maximum Gasteiger partial charge on any atom is 0.262 e. The molecule has 2 aliphatic rings. The molecule has 2 atom stereocenters. The van der Waals surface area contributed by atoms with Gasteiger partial charge in [0.05, 0.1) is 22.1 Å². The van der Waals surface area contributed by atoms with Gasteiger partial charge in [0, 0.05) is 25.7 Å². The fourth-order valence-corrected chi connectivity index (χ4v) is 6.80. The number of aryl methyl sites for hydroxylation is 2. The van der Waals surface area contributed by atoms with Crippen LogP contribution in [0.4, 0.5) is 11.4 Å². The molecule has 2 saturated heterocycles. The molecule has 4 N–H and O–H groups in total. The number of unbranched alkanes of at least 4 members (excludes halogenated alkanes) is 3. The Bertz CT molecular complexity index is 2120. The molecule has 6 rings (SSSR count). The Morgan fingerprint density at radius 3 is 1.44 bits per heavy atom. The first-order valence-corrected chi connectivity index (χ1v) is 17.2. The minimum Gasteiger partial charge on any atom is -0.324 e. The number of aromatic nitrogens is 4. The number of imide groups is 2. The van der Waals surface area contributed by atoms with Crippen molar-refractivity contribution in [1.29, 1.82) is 0 Å². The van der Waals surface area contributed by atoms with Crippen LogP contribution in [0.5, 0.6) is 0 Å². The lowest BCUT2D eigenvalue weighted by Crippen LogP contribution is -2.45. The molecule has 0 spiro atoms. The average Bonchev–Trinajstić information content (AvgIpc) is 3.09. The van der Waals surface area contributed by atoms with Crippen LogP contribution in [0.2, 0.25) is 0 Å². The normalized spacial score (nSPS) is 17.6. The van der Waals surface area contributed by atoms with Crippen molar-refractivity contribution in [2.24, 2.45) is 0 Å². The quantitative estimate of drug-likeness (QED) is 0.132. The highest BCUT2D eigenvalue weighted by atomic mass is 16.2. The lowest BCUT2D eigenvalue weighted by molar-refractivity contribution is -0.137. The molecule has 2 fully saturated rings. The summed E-state index contributed by atoms with van der Waals surface area (Å²) in [6, 6.07) is 8.03. The highest BCUT2D eigenvalue weighted by Gasteiger charge is 2.32. The lowest BCUT2D eigenvalue weighted by atomic mass is 10.1. The second kappa shape index (κ2) is 15.0. The van der Waals surface area contributed by atoms with Crippen LogP contribution in [0, 0.1) is 13.8 Å². The molecule has 0 radical (unpaired) electrons. The third-order valence-electron chi connectivity index (χ3n) is 9.36. The molecular formula is C36H38N8O8. The number of nitrogens with zero attached hydrogens (tertiary/aromatic N) is 4. The van der Waals surface area contributed by atoms with E-state index in [1.165, 1.54) is 9.13 Å². The number of nitrogens with one attached hydrogen (secondary N) is 4. The number of hydrogen-bond acceptors (Lipinski definition) is 10. The van der Waals surface area contributed by atoms with E-state index in [4.69, 9.17) is 0 Å². The van der Waals surface area contributed by atoms with Crippen LogP contribution in [0.3, 0.4) is 0 Å². The molecule has 4 heterocycles. The van der Waals surface area contributed by atoms with Gasteiger partial charge in [0.15, 0.2) is 0 Å². The first-order chi connectivity index (χ1) is 24.9. The third kappa shape index (κ3) is 7.36. The summed E-state index contributed by atoms with van der Waals surface area (Å²) in [5.41, 5.74) is 0.508. The molecule has 2 aromatic carbocycles. The monoisotopic (exact) mass is 710 g/mol. The van der Waals surface area contributed by atoms with Gasteiger partial charge in [0.1, 0.15) is 34.8 Å². The summed E-state index contributed by atoms with van der Waals surface area (Å²) < 4.78 is 2.58. The van der Waals surface area contributed by atoms with Crippen LogP contribution in [0.1, 0.15) is 87.9 Å². The molecule has 4 aromatic rings. The molecule has 52 heavy (non-hydrogen) atoms. The van der Waals surface area contributed by atoms with Crippen molar-refractivity contribution in [2.75, 3.05) is 10.6 Å². The Balaban J connectivity index is 0.996. The Morgan fingerprint density at radius 2 is 1.06 bits per heavy atom. The molecule has 2 aliphatic heterocycles. The molecule has 16 heteroatoms. The van der Waals surface area contributed by atoms with Crippen molar-refractivity contribution in [3.63, 3.8) is 0 Å². The summed E-state index contributed by atoms with van der Waals surface area (Å²) in [6.45, 7) is 3.21. The number of carbonyl (C=O) groups is 6. The van der Waals surface area contributed by atoms with Gasteiger partial charge in [-0.05, 0) is 63.8 Å². The van der Waals surface area contributed by atoms with Gasteiger partial charge in [-0.3, -0.25) is 58.1 Å². The fraction of sp³-hybridized carbons (Fsp3) is 0.389. The summed E-state index contributed by atoms with van der Waals surface area (Å²) in [5.74, 6) is -1.80. The predicted molar refractivity (Wildman–Crippen MR) is 189 cm³/mol. The predicted octanol–water partition coefficient (Wildman–Crippen LogP) is 2.60. The number of rotatable bonds is 11. The Hall–Kier alpha value is -6.06. The van der Waals surface area contributed by atoms with E-state index in [2.05, 4.69) is 31.2 Å². The standard InChI is InChI=1S/C36H38N8O8/c1-19-37-31-21(35(51)43(19)25-15-17-29(47)41-33(25)49)9-7-11-23(31)39-27(45)13-5-3-4-6-14-28(46)40-24-12-8-10-22-32(24)38-20(2)44(36(22)52)26-16-18-30(48)42-34(26)50/h7-12,25-26H,3-6,13-18H2,1-2H3,(H,39,45)(H,40,46)(H,41,47,49)(H,42,48,50). The van der Waals surface area contributed by atoms with Crippen LogP contribution in [-0.2, 0) is 28.8 Å². The van der Waals surface area contributed by atoms with E-state index >= 15 is 0 Å². The smallest absolute Gasteiger partial charge is 0.262 e. The van der Waals surface area contributed by atoms with Crippen LogP contribution >= 0.6 is 0 Å². The number of fused-ring (bicyclic) bond motifs is 2. The minimum absolute atomic E-state index is 0.118. The minimum atomic E-state index is -0.848. The lowest BCUT2D eigenvalue weighted by Gasteiger charge is -2.24. The van der Waals surface area contributed by atoms with Crippen molar-refractivity contribution >= 4 is 68.6 Å². The average molecular weight is 711 g/mol. The largest absolute Gasteiger partial charge is 0.324 e. The first kappa shape index (κ1) is 35.8. The molecule has 6 amide bonds. The second-order valence-electron chi connectivity index (χ2n) is 13.0. The van der Waals surface area contributed by atoms with Gasteiger partial charge in [-0.25, -0.2) is 9.97 Å². The van der Waals surface area contributed by atoms with Gasteiger partial charge in [0.2, 0.25) is 35.4 Å². The van der Waals surface area contributed by atoms with E-state index in [1.807, 2.05) is 0 Å². The molecule has 2 aromatic heterocycles. The summed E-state index contributed by atoms with van der Waals surface area (Å²) >= 11 is 0. The van der Waals surface area contributed by atoms with E-state index < -0.39 is 35.0 Å². The molecule has 0 bridgehead atoms. The van der Waals surface area contributed by atoms with Gasteiger partial charge in [-0.1, -0.05) is 25.0 Å². The number of carbonyl (C=O) groups excluding carboxylic acids is 6. The third-order valence-corrected chi connectivity index (χ3v) is 9.36. The van der Waals surface area contributed by atoms with Crippen molar-refractivity contribution < 1.29 is 28.8 Å². The number of piperidine rings is 2. The van der Waals surface area contributed by atoms with E-state index in [0.717, 1.165) is 0 Å². The van der Waals surface area contributed by atoms with Gasteiger partial charge in [0.25, 0.3) is 11.1 Å². The molecule has 16 nitrogen and oxygen atoms in total. The molecule has 0 aliphatic carbocycles. The van der Waals surface area contributed by atoms with Crippen molar-refractivity contribution in [2.45, 2.75) is 90.1 Å². The highest BCUT2D eigenvalue weighted by molar-refractivity contribution is 6.02. The van der Waals surface area contributed by atoms with Gasteiger partial charge in [-0.2, -0.15) is 0 Å². The summed E-state index contributed by atoms with van der Waals surface area (Å²) in [4.78, 5) is 110. The number of benzene rings is 2. The maximum atomic E-state index is 13.4. The molecule has 270 valence electrons. The Labute approximate surface area is 296 Å². The second-order valence-corrected chi connectivity index (χ2v) is 13.0. The zero-order valence-corrected chi connectivity index (χ0v) is 28.7. The van der Waals surface area contributed by atoms with Crippen molar-refractivity contribution in [1.82, 2.24) is 29.7 Å². The van der Waals surface area contributed by atoms with Crippen LogP contribution in [0.15, 0.2) is 46.0 Å². The van der Waals surface area contributed by atoms with Gasteiger partial charge in [-0.15, -0.1) is 0 Å². The van der Waals surface area contributed by atoms with E-state index in [1.54, 1.807) is 50.2 Å². The first-order valence-electron chi connectivity index (χ1n) is 17.2. The zero-order chi connectivity index (χ0) is 37.1. The topological polar surface area (TPSA) is 220 Å². The van der Waals surface area contributed by atoms with Gasteiger partial charge >= 0.3 is 0 Å². The fourth-order valence-electron chi connectivity index (χ4n) is 6.80. The van der Waals surface area contributed by atoms with Crippen molar-refractivity contribution in [3.8, 4) is 0 Å². The number of amides is 6. The maximum absolute atomic E-state index is 13.4. The van der Waals surface area contributed by atoms with Crippen molar-refractivity contribution in [3.05, 3.63) is 68.8 Å². The summed E-state index contributed by atoms with van der Waals surface area (Å²) in [6.07, 6.45) is 3.58. The Morgan fingerprint density at radius 1 is 0.654 bits per heavy atom. The zero-order valence-electron chi connectivity index (χ0n) is 28.7. The van der Waals surface area contributed by atoms with E-state index in [9.17, 15) is 38.4 Å². The van der Waals surface area contributed by atoms with Crippen LogP contribution in [0.25, 0.3) is 21.8 Å². The number of hydrogen-bond donors (Lipinski definition) is 4. The summed E-state index contributed by atoms with van der Waals surface area (Å²) in [7, 11) is 0. The van der Waals surface area contributed by atoms with Crippen LogP contribution in [-0.4, -0.2) is 54.5 Å². The van der Waals surface area contributed by atoms with E-state index in [-0.39, 0.29) is 84.6 Å². The van der Waals surface area contributed by atoms with Crippen LogP contribution < -0.4 is 32.4 Å². The molecule has 2 unspecified atom stereocenters. The Kier molecular flexibility index (Phi) is 10.3.